The molecule has 2 aromatic carbocycles. The molecule has 2 N–H and O–H groups in total. The van der Waals surface area contributed by atoms with E-state index in [9.17, 15) is 10.2 Å². The van der Waals surface area contributed by atoms with Crippen LogP contribution >= 0.6 is 0 Å². The maximum absolute atomic E-state index is 10.9. The van der Waals surface area contributed by atoms with Crippen LogP contribution < -0.4 is 0 Å². The Morgan fingerprint density at radius 3 is 1.70 bits per heavy atom. The summed E-state index contributed by atoms with van der Waals surface area (Å²) in [5.41, 5.74) is 7.13. The van der Waals surface area contributed by atoms with Crippen LogP contribution in [0.3, 0.4) is 0 Å². The Kier molecular flexibility index (Phi) is 6.36. The average molecular weight is 441 g/mol. The monoisotopic (exact) mass is 440 g/mol. The zero-order valence-electron chi connectivity index (χ0n) is 19.4. The molecule has 6 nitrogen and oxygen atoms in total. The second-order valence-corrected chi connectivity index (χ2v) is 8.65. The van der Waals surface area contributed by atoms with Gasteiger partial charge in [0.1, 0.15) is 23.7 Å². The summed E-state index contributed by atoms with van der Waals surface area (Å²) in [7, 11) is 0. The molecule has 0 aliphatic heterocycles. The van der Waals surface area contributed by atoms with E-state index in [2.05, 4.69) is 19.9 Å². The largest absolute Gasteiger partial charge is 0.507 e. The van der Waals surface area contributed by atoms with Crippen LogP contribution in [0.25, 0.3) is 11.1 Å². The highest BCUT2D eigenvalue weighted by atomic mass is 16.3. The van der Waals surface area contributed by atoms with E-state index < -0.39 is 0 Å². The van der Waals surface area contributed by atoms with E-state index in [1.54, 1.807) is 24.8 Å². The normalized spacial score (nSPS) is 11.2. The van der Waals surface area contributed by atoms with Crippen LogP contribution in [-0.4, -0.2) is 30.1 Å². The Labute approximate surface area is 194 Å². The molecule has 2 heterocycles. The molecule has 0 atom stereocenters. The van der Waals surface area contributed by atoms with Gasteiger partial charge in [0.15, 0.2) is 0 Å². The summed E-state index contributed by atoms with van der Waals surface area (Å²) in [6.07, 6.45) is 9.73. The van der Waals surface area contributed by atoms with Crippen LogP contribution in [0.5, 0.6) is 11.5 Å². The molecular formula is C27H28N4O2. The van der Waals surface area contributed by atoms with E-state index in [0.29, 0.717) is 18.7 Å². The summed E-state index contributed by atoms with van der Waals surface area (Å²) in [5, 5.41) is 21.8. The molecule has 0 unspecified atom stereocenters. The summed E-state index contributed by atoms with van der Waals surface area (Å²) < 4.78 is 0. The van der Waals surface area contributed by atoms with E-state index in [-0.39, 0.29) is 17.4 Å². The van der Waals surface area contributed by atoms with E-state index in [0.717, 1.165) is 44.5 Å². The highest BCUT2D eigenvalue weighted by molar-refractivity contribution is 5.58. The molecule has 4 aromatic rings. The van der Waals surface area contributed by atoms with Crippen molar-refractivity contribution >= 4 is 0 Å². The van der Waals surface area contributed by atoms with Crippen molar-refractivity contribution in [1.82, 2.24) is 19.9 Å². The van der Waals surface area contributed by atoms with Crippen LogP contribution in [0, 0.1) is 27.7 Å². The van der Waals surface area contributed by atoms with Gasteiger partial charge >= 0.3 is 0 Å². The fourth-order valence-electron chi connectivity index (χ4n) is 4.35. The van der Waals surface area contributed by atoms with Crippen molar-refractivity contribution in [2.75, 3.05) is 0 Å². The Morgan fingerprint density at radius 1 is 0.697 bits per heavy atom. The Balaban J connectivity index is 1.68. The molecule has 4 rings (SSSR count). The van der Waals surface area contributed by atoms with Gasteiger partial charge in [-0.15, -0.1) is 0 Å². The third-order valence-corrected chi connectivity index (χ3v) is 5.96. The number of aromatic nitrogens is 4. The number of phenols is 2. The second kappa shape index (κ2) is 9.36. The summed E-state index contributed by atoms with van der Waals surface area (Å²) in [6.45, 7) is 7.84. The minimum absolute atomic E-state index is 0.201. The van der Waals surface area contributed by atoms with Crippen LogP contribution in [0.1, 0.15) is 51.5 Å². The van der Waals surface area contributed by atoms with Crippen molar-refractivity contribution in [3.05, 3.63) is 94.6 Å². The summed E-state index contributed by atoms with van der Waals surface area (Å²) >= 11 is 0. The zero-order valence-corrected chi connectivity index (χ0v) is 19.4. The van der Waals surface area contributed by atoms with Crippen molar-refractivity contribution in [1.29, 1.82) is 0 Å². The van der Waals surface area contributed by atoms with Crippen molar-refractivity contribution in [3.63, 3.8) is 0 Å². The maximum atomic E-state index is 10.9. The van der Waals surface area contributed by atoms with Crippen molar-refractivity contribution in [3.8, 4) is 22.6 Å². The first-order valence-corrected chi connectivity index (χ1v) is 11.0. The second-order valence-electron chi connectivity index (χ2n) is 8.65. The lowest BCUT2D eigenvalue weighted by atomic mass is 9.83. The van der Waals surface area contributed by atoms with E-state index in [1.807, 2.05) is 52.0 Å². The first kappa shape index (κ1) is 22.4. The highest BCUT2D eigenvalue weighted by Gasteiger charge is 2.24. The van der Waals surface area contributed by atoms with Crippen molar-refractivity contribution < 1.29 is 10.2 Å². The molecule has 0 saturated carbocycles. The Morgan fingerprint density at radius 2 is 1.18 bits per heavy atom. The lowest BCUT2D eigenvalue weighted by Gasteiger charge is -2.23. The van der Waals surface area contributed by atoms with Gasteiger partial charge in [-0.2, -0.15) is 0 Å². The lowest BCUT2D eigenvalue weighted by Crippen LogP contribution is -2.08. The van der Waals surface area contributed by atoms with Gasteiger partial charge in [0, 0.05) is 59.4 Å². The molecule has 33 heavy (non-hydrogen) atoms. The number of nitrogens with zero attached hydrogens (tertiary/aromatic N) is 4. The average Bonchev–Trinajstić information content (AvgIpc) is 2.81. The summed E-state index contributed by atoms with van der Waals surface area (Å²) in [6, 6.07) is 7.94. The maximum Gasteiger partial charge on any atom is 0.128 e. The third kappa shape index (κ3) is 4.85. The minimum Gasteiger partial charge on any atom is -0.507 e. The van der Waals surface area contributed by atoms with Gasteiger partial charge in [0.2, 0.25) is 0 Å². The van der Waals surface area contributed by atoms with E-state index in [4.69, 9.17) is 0 Å². The SMILES string of the molecule is Cc1cc(C)c(O)c(C(CCc2ncc(-c3cncnc3)cn2)c2cc(C)cc(C)c2O)c1. The van der Waals surface area contributed by atoms with Gasteiger partial charge in [0.25, 0.3) is 0 Å². The quantitative estimate of drug-likeness (QED) is 0.420. The molecule has 0 bridgehead atoms. The molecule has 0 fully saturated rings. The fraction of sp³-hybridized carbons (Fsp3) is 0.259. The minimum atomic E-state index is -0.201. The molecule has 0 saturated heterocycles. The molecule has 2 aromatic heterocycles. The van der Waals surface area contributed by atoms with Crippen molar-refractivity contribution in [2.24, 2.45) is 0 Å². The third-order valence-electron chi connectivity index (χ3n) is 5.96. The van der Waals surface area contributed by atoms with Crippen molar-refractivity contribution in [2.45, 2.75) is 46.5 Å². The van der Waals surface area contributed by atoms with Gasteiger partial charge in [-0.3, -0.25) is 0 Å². The molecule has 0 amide bonds. The van der Waals surface area contributed by atoms with Crippen LogP contribution in [0.4, 0.5) is 0 Å². The lowest BCUT2D eigenvalue weighted by molar-refractivity contribution is 0.446. The van der Waals surface area contributed by atoms with Crippen LogP contribution in [0.15, 0.2) is 55.4 Å². The Bertz CT molecular complexity index is 1210. The molecule has 0 aliphatic rings. The van der Waals surface area contributed by atoms with E-state index >= 15 is 0 Å². The van der Waals surface area contributed by atoms with Crippen LogP contribution in [-0.2, 0) is 6.42 Å². The number of phenolic OH excluding ortho intramolecular Hbond substituents is 2. The van der Waals surface area contributed by atoms with Crippen LogP contribution in [0.2, 0.25) is 0 Å². The van der Waals surface area contributed by atoms with Gasteiger partial charge in [0.05, 0.1) is 0 Å². The number of rotatable bonds is 6. The fourth-order valence-corrected chi connectivity index (χ4v) is 4.35. The predicted molar refractivity (Wildman–Crippen MR) is 128 cm³/mol. The summed E-state index contributed by atoms with van der Waals surface area (Å²) in [5.74, 6) is 1.04. The number of aryl methyl sites for hydroxylation is 5. The molecule has 168 valence electrons. The molecule has 0 aliphatic carbocycles. The first-order chi connectivity index (χ1) is 15.8. The predicted octanol–water partition coefficient (Wildman–Crippen LogP) is 5.34. The highest BCUT2D eigenvalue weighted by Crippen LogP contribution is 2.41. The zero-order chi connectivity index (χ0) is 23.5. The van der Waals surface area contributed by atoms with E-state index in [1.165, 1.54) is 6.33 Å². The standard InChI is InChI=1S/C27H28N4O2/c1-16-7-18(3)26(32)23(9-16)22(24-10-17(2)8-19(4)27(24)33)5-6-25-30-13-21(14-31-25)20-11-28-15-29-12-20/h7-15,22,32-33H,5-6H2,1-4H3. The van der Waals surface area contributed by atoms with Gasteiger partial charge in [-0.1, -0.05) is 35.4 Å². The number of hydrogen-bond acceptors (Lipinski definition) is 6. The van der Waals surface area contributed by atoms with Gasteiger partial charge in [-0.25, -0.2) is 19.9 Å². The molecular weight excluding hydrogens is 412 g/mol. The number of benzene rings is 2. The van der Waals surface area contributed by atoms with Gasteiger partial charge < -0.3 is 10.2 Å². The first-order valence-electron chi connectivity index (χ1n) is 11.0. The summed E-state index contributed by atoms with van der Waals surface area (Å²) in [4.78, 5) is 17.2. The molecule has 0 radical (unpaired) electrons. The number of aromatic hydroxyl groups is 2. The Hall–Kier alpha value is -3.80. The molecule has 6 heteroatoms. The number of hydrogen-bond donors (Lipinski definition) is 2. The van der Waals surface area contributed by atoms with Gasteiger partial charge in [-0.05, 0) is 45.2 Å². The smallest absolute Gasteiger partial charge is 0.128 e. The molecule has 0 spiro atoms. The topological polar surface area (TPSA) is 92.0 Å².